The first-order valence-electron chi connectivity index (χ1n) is 12.5. The van der Waals surface area contributed by atoms with Crippen molar-refractivity contribution in [3.05, 3.63) is 62.3 Å². The molecule has 0 bridgehead atoms. The van der Waals surface area contributed by atoms with Gasteiger partial charge in [0.1, 0.15) is 5.82 Å². The van der Waals surface area contributed by atoms with Crippen LogP contribution in [-0.2, 0) is 19.3 Å². The van der Waals surface area contributed by atoms with Gasteiger partial charge in [-0.25, -0.2) is 9.49 Å². The number of amides is 1. The Balaban J connectivity index is 1.25. The highest BCUT2D eigenvalue weighted by Gasteiger charge is 2.26. The summed E-state index contributed by atoms with van der Waals surface area (Å²) in [5, 5.41) is 6.91. The van der Waals surface area contributed by atoms with E-state index < -0.39 is 5.82 Å². The summed E-state index contributed by atoms with van der Waals surface area (Å²) in [7, 11) is 0. The van der Waals surface area contributed by atoms with Crippen molar-refractivity contribution in [2.24, 2.45) is 5.92 Å². The fourth-order valence-electron chi connectivity index (χ4n) is 5.40. The molecule has 2 aromatic rings. The first-order valence-corrected chi connectivity index (χ1v) is 12.5. The zero-order valence-corrected chi connectivity index (χ0v) is 19.2. The Hall–Kier alpha value is -2.54. The number of halogens is 1. The normalized spacial score (nSPS) is 19.2. The van der Waals surface area contributed by atoms with Gasteiger partial charge < -0.3 is 4.90 Å². The largest absolute Gasteiger partial charge is 0.336 e. The minimum absolute atomic E-state index is 0.102. The Morgan fingerprint density at radius 2 is 1.82 bits per heavy atom. The van der Waals surface area contributed by atoms with Gasteiger partial charge in [0.25, 0.3) is 11.5 Å². The third-order valence-corrected chi connectivity index (χ3v) is 7.75. The van der Waals surface area contributed by atoms with Gasteiger partial charge in [-0.2, -0.15) is 5.10 Å². The molecule has 33 heavy (non-hydrogen) atoms. The monoisotopic (exact) mass is 452 g/mol. The number of piperazine rings is 1. The molecule has 0 atom stereocenters. The SMILES string of the molecule is O=C(c1cc(Cc2n[nH]c(=O)c3c2CCCC3)ccc1F)N1CCN(CCC2CCC2)CC1. The lowest BCUT2D eigenvalue weighted by molar-refractivity contribution is 0.0619. The van der Waals surface area contributed by atoms with Crippen molar-refractivity contribution in [1.82, 2.24) is 20.0 Å². The van der Waals surface area contributed by atoms with Crippen LogP contribution in [0.1, 0.15) is 71.3 Å². The van der Waals surface area contributed by atoms with Crippen molar-refractivity contribution >= 4 is 5.91 Å². The second-order valence-corrected chi connectivity index (χ2v) is 9.87. The summed E-state index contributed by atoms with van der Waals surface area (Å²) in [6.45, 7) is 4.09. The summed E-state index contributed by atoms with van der Waals surface area (Å²) in [6, 6.07) is 4.77. The molecule has 0 radical (unpaired) electrons. The van der Waals surface area contributed by atoms with Gasteiger partial charge in [-0.05, 0) is 67.8 Å². The molecule has 2 fully saturated rings. The Morgan fingerprint density at radius 1 is 1.06 bits per heavy atom. The maximum Gasteiger partial charge on any atom is 0.267 e. The van der Waals surface area contributed by atoms with Crippen LogP contribution in [0, 0.1) is 11.7 Å². The first kappa shape index (κ1) is 22.3. The number of carbonyl (C=O) groups is 1. The first-order chi connectivity index (χ1) is 16.1. The minimum atomic E-state index is -0.479. The number of fused-ring (bicyclic) bond motifs is 1. The maximum absolute atomic E-state index is 14.7. The second-order valence-electron chi connectivity index (χ2n) is 9.87. The molecule has 7 heteroatoms. The molecule has 1 N–H and O–H groups in total. The highest BCUT2D eigenvalue weighted by Crippen LogP contribution is 2.29. The van der Waals surface area contributed by atoms with Crippen LogP contribution in [-0.4, -0.2) is 58.6 Å². The molecule has 1 amide bonds. The second kappa shape index (κ2) is 9.75. The van der Waals surface area contributed by atoms with Crippen molar-refractivity contribution in [3.63, 3.8) is 0 Å². The molecule has 1 aromatic carbocycles. The van der Waals surface area contributed by atoms with Gasteiger partial charge >= 0.3 is 0 Å². The number of hydrogen-bond donors (Lipinski definition) is 1. The lowest BCUT2D eigenvalue weighted by Crippen LogP contribution is -2.49. The van der Waals surface area contributed by atoms with Gasteiger partial charge in [0.05, 0.1) is 11.3 Å². The number of H-pyrrole nitrogens is 1. The summed E-state index contributed by atoms with van der Waals surface area (Å²) < 4.78 is 14.7. The lowest BCUT2D eigenvalue weighted by atomic mass is 9.83. The Labute approximate surface area is 194 Å². The van der Waals surface area contributed by atoms with Gasteiger partial charge in [-0.15, -0.1) is 0 Å². The van der Waals surface area contributed by atoms with Gasteiger partial charge in [-0.1, -0.05) is 25.3 Å². The molecule has 1 saturated carbocycles. The third-order valence-electron chi connectivity index (χ3n) is 7.75. The van der Waals surface area contributed by atoms with Crippen LogP contribution in [0.2, 0.25) is 0 Å². The minimum Gasteiger partial charge on any atom is -0.336 e. The molecule has 176 valence electrons. The lowest BCUT2D eigenvalue weighted by Gasteiger charge is -2.36. The Kier molecular flexibility index (Phi) is 6.58. The van der Waals surface area contributed by atoms with Crippen LogP contribution in [0.15, 0.2) is 23.0 Å². The van der Waals surface area contributed by atoms with E-state index >= 15 is 0 Å². The summed E-state index contributed by atoms with van der Waals surface area (Å²) in [6.07, 6.45) is 9.53. The standard InChI is InChI=1S/C26H33FN4O2/c27-23-9-8-19(17-24-20-6-1-2-7-21(20)25(32)29-28-24)16-22(23)26(33)31-14-12-30(13-15-31)11-10-18-4-3-5-18/h8-9,16,18H,1-7,10-15,17H2,(H,29,32). The van der Waals surface area contributed by atoms with Crippen LogP contribution < -0.4 is 5.56 Å². The average molecular weight is 453 g/mol. The molecule has 1 saturated heterocycles. The number of rotatable bonds is 6. The molecule has 0 unspecified atom stereocenters. The van der Waals surface area contributed by atoms with Gasteiger partial charge in [-0.3, -0.25) is 14.5 Å². The summed E-state index contributed by atoms with van der Waals surface area (Å²) in [4.78, 5) is 29.5. The predicted molar refractivity (Wildman–Crippen MR) is 125 cm³/mol. The Morgan fingerprint density at radius 3 is 2.55 bits per heavy atom. The topological polar surface area (TPSA) is 69.3 Å². The number of aromatic amines is 1. The van der Waals surface area contributed by atoms with Crippen LogP contribution in [0.4, 0.5) is 4.39 Å². The van der Waals surface area contributed by atoms with E-state index in [1.807, 2.05) is 0 Å². The fraction of sp³-hybridized carbons (Fsp3) is 0.577. The van der Waals surface area contributed by atoms with Crippen LogP contribution >= 0.6 is 0 Å². The van der Waals surface area contributed by atoms with Crippen LogP contribution in [0.5, 0.6) is 0 Å². The van der Waals surface area contributed by atoms with E-state index in [9.17, 15) is 14.0 Å². The molecule has 1 aliphatic heterocycles. The number of carbonyl (C=O) groups excluding carboxylic acids is 1. The quantitative estimate of drug-likeness (QED) is 0.730. The summed E-state index contributed by atoms with van der Waals surface area (Å²) in [5.41, 5.74) is 3.56. The van der Waals surface area contributed by atoms with Crippen molar-refractivity contribution < 1.29 is 9.18 Å². The molecule has 2 aliphatic carbocycles. The number of benzene rings is 1. The van der Waals surface area contributed by atoms with Gasteiger partial charge in [0.15, 0.2) is 0 Å². The van der Waals surface area contributed by atoms with Crippen LogP contribution in [0.25, 0.3) is 0 Å². The van der Waals surface area contributed by atoms with Crippen molar-refractivity contribution in [2.75, 3.05) is 32.7 Å². The van der Waals surface area contributed by atoms with E-state index in [0.717, 1.165) is 73.6 Å². The number of hydrogen-bond acceptors (Lipinski definition) is 4. The third kappa shape index (κ3) is 4.88. The molecule has 1 aromatic heterocycles. The predicted octanol–water partition coefficient (Wildman–Crippen LogP) is 3.33. The molecule has 5 rings (SSSR count). The molecule has 0 spiro atoms. The highest BCUT2D eigenvalue weighted by atomic mass is 19.1. The Bertz CT molecular complexity index is 1070. The fourth-order valence-corrected chi connectivity index (χ4v) is 5.40. The smallest absolute Gasteiger partial charge is 0.267 e. The molecular formula is C26H33FN4O2. The molecule has 2 heterocycles. The zero-order chi connectivity index (χ0) is 22.8. The maximum atomic E-state index is 14.7. The van der Waals surface area contributed by atoms with Crippen molar-refractivity contribution in [1.29, 1.82) is 0 Å². The number of nitrogens with zero attached hydrogens (tertiary/aromatic N) is 3. The van der Waals surface area contributed by atoms with E-state index in [4.69, 9.17) is 0 Å². The van der Waals surface area contributed by atoms with Gasteiger partial charge in [0, 0.05) is 38.2 Å². The van der Waals surface area contributed by atoms with Crippen molar-refractivity contribution in [2.45, 2.75) is 57.8 Å². The van der Waals surface area contributed by atoms with E-state index in [0.29, 0.717) is 19.5 Å². The zero-order valence-electron chi connectivity index (χ0n) is 19.2. The highest BCUT2D eigenvalue weighted by molar-refractivity contribution is 5.94. The van der Waals surface area contributed by atoms with E-state index in [1.165, 1.54) is 31.7 Å². The van der Waals surface area contributed by atoms with Crippen molar-refractivity contribution in [3.8, 4) is 0 Å². The van der Waals surface area contributed by atoms with E-state index in [1.54, 1.807) is 17.0 Å². The van der Waals surface area contributed by atoms with Crippen LogP contribution in [0.3, 0.4) is 0 Å². The summed E-state index contributed by atoms with van der Waals surface area (Å²) >= 11 is 0. The molecule has 6 nitrogen and oxygen atoms in total. The number of nitrogens with one attached hydrogen (secondary N) is 1. The average Bonchev–Trinajstić information content (AvgIpc) is 2.81. The van der Waals surface area contributed by atoms with Gasteiger partial charge in [0.2, 0.25) is 0 Å². The molecular weight excluding hydrogens is 419 g/mol. The van der Waals surface area contributed by atoms with E-state index in [-0.39, 0.29) is 17.0 Å². The molecule has 3 aliphatic rings. The van der Waals surface area contributed by atoms with E-state index in [2.05, 4.69) is 15.1 Å². The number of aromatic nitrogens is 2. The summed E-state index contributed by atoms with van der Waals surface area (Å²) in [5.74, 6) is 0.182.